The van der Waals surface area contributed by atoms with Gasteiger partial charge >= 0.3 is 6.01 Å². The number of hydrazine groups is 1. The van der Waals surface area contributed by atoms with E-state index < -0.39 is 0 Å². The summed E-state index contributed by atoms with van der Waals surface area (Å²) >= 11 is 0. The Balaban J connectivity index is 2.21. The summed E-state index contributed by atoms with van der Waals surface area (Å²) in [6.45, 7) is 4.35. The van der Waals surface area contributed by atoms with Crippen molar-refractivity contribution >= 4 is 11.9 Å². The van der Waals surface area contributed by atoms with Crippen molar-refractivity contribution in [1.82, 2.24) is 15.0 Å². The highest BCUT2D eigenvalue weighted by Crippen LogP contribution is 2.18. The number of hydrogen-bond donors (Lipinski definition) is 2. The highest BCUT2D eigenvalue weighted by Gasteiger charge is 2.16. The number of nitrogens with one attached hydrogen (secondary N) is 1. The number of nitrogens with two attached hydrogens (primary N) is 1. The highest BCUT2D eigenvalue weighted by molar-refractivity contribution is 5.37. The van der Waals surface area contributed by atoms with E-state index in [1.807, 2.05) is 6.92 Å². The van der Waals surface area contributed by atoms with Crippen LogP contribution in [-0.2, 0) is 0 Å². The number of ether oxygens (including phenoxy) is 1. The molecule has 0 spiro atoms. The predicted molar refractivity (Wildman–Crippen MR) is 64.9 cm³/mol. The monoisotopic (exact) mass is 238 g/mol. The molecule has 0 unspecified atom stereocenters. The average Bonchev–Trinajstić information content (AvgIpc) is 2.40. The number of piperidine rings is 1. The Morgan fingerprint density at radius 2 is 2.00 bits per heavy atom. The van der Waals surface area contributed by atoms with Crippen molar-refractivity contribution in [3.8, 4) is 6.01 Å². The van der Waals surface area contributed by atoms with Crippen LogP contribution in [0.25, 0.3) is 0 Å². The lowest BCUT2D eigenvalue weighted by atomic mass is 10.1. The molecule has 7 heteroatoms. The molecule has 1 aliphatic rings. The molecule has 0 radical (unpaired) electrons. The summed E-state index contributed by atoms with van der Waals surface area (Å²) in [4.78, 5) is 14.7. The molecule has 2 heterocycles. The fraction of sp³-hybridized carbons (Fsp3) is 0.700. The van der Waals surface area contributed by atoms with Gasteiger partial charge in [-0.15, -0.1) is 0 Å². The Labute approximate surface area is 100 Å². The standard InChI is InChI=1S/C10H18N6O/c1-2-17-10-13-8(15-11)12-9(14-10)16-6-4-3-5-7-16/h2-7,11H2,1H3,(H,12,13,14,15). The Bertz CT molecular complexity index is 366. The van der Waals surface area contributed by atoms with Crippen LogP contribution in [-0.4, -0.2) is 34.6 Å². The molecule has 94 valence electrons. The van der Waals surface area contributed by atoms with Crippen molar-refractivity contribution in [2.24, 2.45) is 5.84 Å². The summed E-state index contributed by atoms with van der Waals surface area (Å²) in [5.41, 5.74) is 2.44. The second kappa shape index (κ2) is 5.62. The molecule has 0 amide bonds. The minimum Gasteiger partial charge on any atom is -0.464 e. The van der Waals surface area contributed by atoms with E-state index in [-0.39, 0.29) is 0 Å². The van der Waals surface area contributed by atoms with Crippen LogP contribution in [0, 0.1) is 0 Å². The highest BCUT2D eigenvalue weighted by atomic mass is 16.5. The van der Waals surface area contributed by atoms with Crippen LogP contribution >= 0.6 is 0 Å². The van der Waals surface area contributed by atoms with Gasteiger partial charge in [0.25, 0.3) is 0 Å². The lowest BCUT2D eigenvalue weighted by molar-refractivity contribution is 0.311. The minimum absolute atomic E-state index is 0.316. The van der Waals surface area contributed by atoms with Crippen molar-refractivity contribution in [2.45, 2.75) is 26.2 Å². The molecule has 0 atom stereocenters. The predicted octanol–water partition coefficient (Wildman–Crippen LogP) is 0.546. The van der Waals surface area contributed by atoms with E-state index in [0.717, 1.165) is 13.1 Å². The lowest BCUT2D eigenvalue weighted by Crippen LogP contribution is -2.31. The first-order chi connectivity index (χ1) is 8.33. The normalized spacial score (nSPS) is 15.8. The lowest BCUT2D eigenvalue weighted by Gasteiger charge is -2.26. The Hall–Kier alpha value is -1.63. The zero-order valence-electron chi connectivity index (χ0n) is 10.0. The van der Waals surface area contributed by atoms with Gasteiger partial charge in [-0.2, -0.15) is 15.0 Å². The van der Waals surface area contributed by atoms with E-state index in [1.165, 1.54) is 19.3 Å². The van der Waals surface area contributed by atoms with E-state index in [1.54, 1.807) is 0 Å². The van der Waals surface area contributed by atoms with Gasteiger partial charge in [-0.1, -0.05) is 0 Å². The number of nitrogens with zero attached hydrogens (tertiary/aromatic N) is 4. The molecular formula is C10H18N6O. The summed E-state index contributed by atoms with van der Waals surface area (Å²) in [6.07, 6.45) is 3.60. The molecule has 3 N–H and O–H groups in total. The maximum Gasteiger partial charge on any atom is 0.323 e. The van der Waals surface area contributed by atoms with E-state index in [4.69, 9.17) is 10.6 Å². The van der Waals surface area contributed by atoms with Crippen molar-refractivity contribution < 1.29 is 4.74 Å². The fourth-order valence-corrected chi connectivity index (χ4v) is 1.84. The molecule has 1 aromatic heterocycles. The molecule has 0 saturated carbocycles. The SMILES string of the molecule is CCOc1nc(NN)nc(N2CCCCC2)n1. The zero-order valence-corrected chi connectivity index (χ0v) is 10.0. The molecule has 1 aliphatic heterocycles. The summed E-state index contributed by atoms with van der Waals surface area (Å²) in [7, 11) is 0. The van der Waals surface area contributed by atoms with Crippen LogP contribution in [0.15, 0.2) is 0 Å². The third-order valence-corrected chi connectivity index (χ3v) is 2.64. The Morgan fingerprint density at radius 1 is 1.24 bits per heavy atom. The van der Waals surface area contributed by atoms with E-state index in [9.17, 15) is 0 Å². The summed E-state index contributed by atoms with van der Waals surface area (Å²) < 4.78 is 5.30. The van der Waals surface area contributed by atoms with Crippen molar-refractivity contribution in [3.05, 3.63) is 0 Å². The molecule has 7 nitrogen and oxygen atoms in total. The molecule has 0 aromatic carbocycles. The van der Waals surface area contributed by atoms with Gasteiger partial charge in [0.1, 0.15) is 0 Å². The molecule has 0 aliphatic carbocycles. The van der Waals surface area contributed by atoms with Gasteiger partial charge in [-0.3, -0.25) is 5.43 Å². The Kier molecular flexibility index (Phi) is 3.92. The molecular weight excluding hydrogens is 220 g/mol. The molecule has 1 fully saturated rings. The number of aromatic nitrogens is 3. The van der Waals surface area contributed by atoms with Crippen LogP contribution < -0.4 is 20.9 Å². The smallest absolute Gasteiger partial charge is 0.323 e. The van der Waals surface area contributed by atoms with Gasteiger partial charge in [0.05, 0.1) is 6.61 Å². The Morgan fingerprint density at radius 3 is 2.65 bits per heavy atom. The summed E-state index contributed by atoms with van der Waals surface area (Å²) in [6, 6.07) is 0.316. The first-order valence-electron chi connectivity index (χ1n) is 5.94. The van der Waals surface area contributed by atoms with Gasteiger partial charge in [0, 0.05) is 13.1 Å². The summed E-state index contributed by atoms with van der Waals surface area (Å²) in [5.74, 6) is 6.31. The quantitative estimate of drug-likeness (QED) is 0.584. The number of hydrogen-bond acceptors (Lipinski definition) is 7. The molecule has 1 aromatic rings. The van der Waals surface area contributed by atoms with Crippen molar-refractivity contribution in [1.29, 1.82) is 0 Å². The second-order valence-electron chi connectivity index (χ2n) is 3.87. The third kappa shape index (κ3) is 2.94. The van der Waals surface area contributed by atoms with Crippen LogP contribution in [0.3, 0.4) is 0 Å². The molecule has 0 bridgehead atoms. The first-order valence-corrected chi connectivity index (χ1v) is 5.94. The topological polar surface area (TPSA) is 89.2 Å². The number of nitrogen functional groups attached to an aromatic ring is 1. The van der Waals surface area contributed by atoms with Crippen LogP contribution in [0.2, 0.25) is 0 Å². The van der Waals surface area contributed by atoms with Gasteiger partial charge in [0.15, 0.2) is 0 Å². The van der Waals surface area contributed by atoms with Crippen molar-refractivity contribution in [3.63, 3.8) is 0 Å². The van der Waals surface area contributed by atoms with Crippen LogP contribution in [0.1, 0.15) is 26.2 Å². The van der Waals surface area contributed by atoms with Gasteiger partial charge < -0.3 is 9.64 Å². The summed E-state index contributed by atoms with van der Waals surface area (Å²) in [5, 5.41) is 0. The molecule has 1 saturated heterocycles. The third-order valence-electron chi connectivity index (χ3n) is 2.64. The van der Waals surface area contributed by atoms with Gasteiger partial charge in [0.2, 0.25) is 11.9 Å². The van der Waals surface area contributed by atoms with Gasteiger partial charge in [-0.25, -0.2) is 5.84 Å². The maximum absolute atomic E-state index is 5.34. The largest absolute Gasteiger partial charge is 0.464 e. The first kappa shape index (κ1) is 11.8. The van der Waals surface area contributed by atoms with Gasteiger partial charge in [-0.05, 0) is 26.2 Å². The van der Waals surface area contributed by atoms with Crippen molar-refractivity contribution in [2.75, 3.05) is 30.0 Å². The number of rotatable bonds is 4. The minimum atomic E-state index is 0.316. The maximum atomic E-state index is 5.34. The van der Waals surface area contributed by atoms with E-state index in [0.29, 0.717) is 24.5 Å². The van der Waals surface area contributed by atoms with E-state index >= 15 is 0 Å². The van der Waals surface area contributed by atoms with Crippen LogP contribution in [0.5, 0.6) is 6.01 Å². The molecule has 17 heavy (non-hydrogen) atoms. The van der Waals surface area contributed by atoms with E-state index in [2.05, 4.69) is 25.3 Å². The zero-order chi connectivity index (χ0) is 12.1. The number of anilines is 2. The van der Waals surface area contributed by atoms with Crippen LogP contribution in [0.4, 0.5) is 11.9 Å². The molecule has 2 rings (SSSR count). The average molecular weight is 238 g/mol. The second-order valence-corrected chi connectivity index (χ2v) is 3.87. The fourth-order valence-electron chi connectivity index (χ4n) is 1.84.